The fourth-order valence-electron chi connectivity index (χ4n) is 5.24. The molecule has 1 aromatic heterocycles. The first-order valence-electron chi connectivity index (χ1n) is 10.7. The summed E-state index contributed by atoms with van der Waals surface area (Å²) in [5.74, 6) is -0.536. The average Bonchev–Trinajstić information content (AvgIpc) is 3.50. The molecule has 2 unspecified atom stereocenters. The van der Waals surface area contributed by atoms with Gasteiger partial charge in [-0.1, -0.05) is 58.8 Å². The van der Waals surface area contributed by atoms with Gasteiger partial charge >= 0.3 is 5.97 Å². The van der Waals surface area contributed by atoms with Crippen LogP contribution in [0.25, 0.3) is 10.9 Å². The monoisotopic (exact) mass is 450 g/mol. The molecule has 8 heteroatoms. The normalized spacial score (nSPS) is 35.2. The maximum Gasteiger partial charge on any atom is 0.355 e. The van der Waals surface area contributed by atoms with Crippen molar-refractivity contribution in [3.8, 4) is 0 Å². The van der Waals surface area contributed by atoms with E-state index in [4.69, 9.17) is 9.47 Å². The fraction of sp³-hybridized carbons (Fsp3) is 0.292. The van der Waals surface area contributed by atoms with E-state index in [0.717, 1.165) is 16.5 Å². The van der Waals surface area contributed by atoms with Gasteiger partial charge in [0.1, 0.15) is 16.1 Å². The molecule has 1 spiro atoms. The predicted molar refractivity (Wildman–Crippen MR) is 119 cm³/mol. The van der Waals surface area contributed by atoms with Crippen LogP contribution in [0.1, 0.15) is 22.5 Å². The van der Waals surface area contributed by atoms with Crippen molar-refractivity contribution in [2.45, 2.75) is 41.9 Å². The summed E-state index contributed by atoms with van der Waals surface area (Å²) in [6.07, 6.45) is 3.29. The molecule has 2 saturated heterocycles. The SMILES string of the molecule is O=C(O[C@@H]1[C@H](Cc2ccccc2)N[S+](=O)([O-])[C@H]2CC3C=C[C@]12O3)c1cc2ccccc2[nH]1. The van der Waals surface area contributed by atoms with Gasteiger partial charge in [-0.3, -0.25) is 0 Å². The highest BCUT2D eigenvalue weighted by molar-refractivity contribution is 7.96. The summed E-state index contributed by atoms with van der Waals surface area (Å²) in [5, 5.41) is 0.108. The van der Waals surface area contributed by atoms with Crippen molar-refractivity contribution in [2.75, 3.05) is 0 Å². The molecule has 2 N–H and O–H groups in total. The van der Waals surface area contributed by atoms with Gasteiger partial charge in [0.05, 0.1) is 12.1 Å². The van der Waals surface area contributed by atoms with Crippen LogP contribution >= 0.6 is 0 Å². The van der Waals surface area contributed by atoms with E-state index in [0.29, 0.717) is 18.5 Å². The Bertz CT molecular complexity index is 1240. The van der Waals surface area contributed by atoms with E-state index in [9.17, 15) is 13.6 Å². The summed E-state index contributed by atoms with van der Waals surface area (Å²) >= 11 is 0. The second-order valence-corrected chi connectivity index (χ2v) is 10.5. The summed E-state index contributed by atoms with van der Waals surface area (Å²) in [6.45, 7) is 0. The second kappa shape index (κ2) is 7.11. The van der Waals surface area contributed by atoms with Crippen molar-refractivity contribution in [3.63, 3.8) is 0 Å². The van der Waals surface area contributed by atoms with E-state index in [1.807, 2.05) is 60.7 Å². The molecular formula is C24H22N2O5S. The molecule has 164 valence electrons. The second-order valence-electron chi connectivity index (χ2n) is 8.65. The van der Waals surface area contributed by atoms with E-state index in [2.05, 4.69) is 9.71 Å². The number of aromatic nitrogens is 1. The van der Waals surface area contributed by atoms with Crippen LogP contribution in [0, 0.1) is 0 Å². The molecule has 3 aromatic rings. The number of carbonyl (C=O) groups excluding carboxylic acids is 1. The van der Waals surface area contributed by atoms with Gasteiger partial charge in [-0.05, 0) is 30.2 Å². The third-order valence-electron chi connectivity index (χ3n) is 6.66. The molecule has 0 radical (unpaired) electrons. The number of fused-ring (bicyclic) bond motifs is 2. The first-order chi connectivity index (χ1) is 15.4. The Morgan fingerprint density at radius 3 is 2.75 bits per heavy atom. The third-order valence-corrected chi connectivity index (χ3v) is 8.60. The lowest BCUT2D eigenvalue weighted by molar-refractivity contribution is -0.0880. The number of H-pyrrole nitrogens is 1. The summed E-state index contributed by atoms with van der Waals surface area (Å²) in [4.78, 5) is 16.3. The number of carbonyl (C=O) groups is 1. The van der Waals surface area contributed by atoms with Crippen LogP contribution in [0.2, 0.25) is 0 Å². The zero-order valence-corrected chi connectivity index (χ0v) is 17.9. The number of rotatable bonds is 4. The van der Waals surface area contributed by atoms with Gasteiger partial charge in [-0.2, -0.15) is 0 Å². The minimum Gasteiger partial charge on any atom is -0.597 e. The maximum absolute atomic E-state index is 13.2. The lowest BCUT2D eigenvalue weighted by Crippen LogP contribution is -2.70. The van der Waals surface area contributed by atoms with Gasteiger partial charge in [0, 0.05) is 17.3 Å². The Hall–Kier alpha value is -2.78. The number of nitrogens with one attached hydrogen (secondary N) is 2. The predicted octanol–water partition coefficient (Wildman–Crippen LogP) is 2.92. The van der Waals surface area contributed by atoms with E-state index in [1.54, 1.807) is 12.1 Å². The maximum atomic E-state index is 13.2. The quantitative estimate of drug-likeness (QED) is 0.361. The Morgan fingerprint density at radius 1 is 1.19 bits per heavy atom. The summed E-state index contributed by atoms with van der Waals surface area (Å²) < 4.78 is 41.2. The molecule has 6 atom stereocenters. The van der Waals surface area contributed by atoms with Gasteiger partial charge in [0.15, 0.2) is 17.0 Å². The lowest BCUT2D eigenvalue weighted by atomic mass is 9.83. The van der Waals surface area contributed by atoms with Crippen LogP contribution in [-0.4, -0.2) is 44.6 Å². The number of hydrogen-bond acceptors (Lipinski definition) is 5. The first kappa shape index (κ1) is 19.9. The first-order valence-corrected chi connectivity index (χ1v) is 12.2. The van der Waals surface area contributed by atoms with Crippen LogP contribution in [0.15, 0.2) is 72.8 Å². The topological polar surface area (TPSA) is 103 Å². The molecule has 2 aromatic carbocycles. The van der Waals surface area contributed by atoms with Crippen molar-refractivity contribution in [2.24, 2.45) is 0 Å². The third kappa shape index (κ3) is 3.06. The number of hydrogen-bond donors (Lipinski definition) is 2. The minimum absolute atomic E-state index is 0.290. The lowest BCUT2D eigenvalue weighted by Gasteiger charge is -2.46. The van der Waals surface area contributed by atoms with Crippen LogP contribution in [0.5, 0.6) is 0 Å². The highest BCUT2D eigenvalue weighted by Gasteiger charge is 2.69. The summed E-state index contributed by atoms with van der Waals surface area (Å²) in [6, 6.07) is 18.2. The van der Waals surface area contributed by atoms with Gasteiger partial charge < -0.3 is 19.0 Å². The van der Waals surface area contributed by atoms with Crippen molar-refractivity contribution >= 4 is 27.3 Å². The molecule has 2 bridgehead atoms. The smallest absolute Gasteiger partial charge is 0.355 e. The van der Waals surface area contributed by atoms with Crippen LogP contribution in [-0.2, 0) is 30.5 Å². The molecule has 3 aliphatic rings. The molecule has 6 rings (SSSR count). The molecule has 2 fully saturated rings. The minimum atomic E-state index is -3.65. The van der Waals surface area contributed by atoms with Crippen molar-refractivity contribution in [1.82, 2.24) is 9.71 Å². The van der Waals surface area contributed by atoms with Gasteiger partial charge in [0.25, 0.3) is 0 Å². The highest BCUT2D eigenvalue weighted by Crippen LogP contribution is 2.50. The van der Waals surface area contributed by atoms with Crippen molar-refractivity contribution in [3.05, 3.63) is 84.1 Å². The summed E-state index contributed by atoms with van der Waals surface area (Å²) in [7, 11) is -3.65. The average molecular weight is 451 g/mol. The Labute approximate surface area is 186 Å². The van der Waals surface area contributed by atoms with E-state index in [-0.39, 0.29) is 6.10 Å². The Balaban J connectivity index is 1.37. The van der Waals surface area contributed by atoms with E-state index in [1.165, 1.54) is 0 Å². The van der Waals surface area contributed by atoms with Crippen LogP contribution in [0.4, 0.5) is 0 Å². The molecule has 3 aliphatic heterocycles. The highest BCUT2D eigenvalue weighted by atomic mass is 32.3. The molecule has 4 heterocycles. The number of sulfonamides is 1. The van der Waals surface area contributed by atoms with Gasteiger partial charge in [0.2, 0.25) is 0 Å². The Kier molecular flexibility index (Phi) is 4.42. The molecule has 0 saturated carbocycles. The molecule has 32 heavy (non-hydrogen) atoms. The number of esters is 1. The summed E-state index contributed by atoms with van der Waals surface area (Å²) in [5.41, 5.74) is 0.912. The number of para-hydroxylation sites is 1. The zero-order chi connectivity index (χ0) is 21.9. The number of aromatic amines is 1. The fourth-order valence-corrected chi connectivity index (χ4v) is 7.23. The largest absolute Gasteiger partial charge is 0.597 e. The number of ether oxygens (including phenoxy) is 2. The van der Waals surface area contributed by atoms with Crippen LogP contribution in [0.3, 0.4) is 0 Å². The van der Waals surface area contributed by atoms with E-state index < -0.39 is 39.4 Å². The van der Waals surface area contributed by atoms with Crippen molar-refractivity contribution < 1.29 is 23.0 Å². The number of benzene rings is 2. The molecule has 0 aliphatic carbocycles. The molecular weight excluding hydrogens is 428 g/mol. The Morgan fingerprint density at radius 2 is 1.97 bits per heavy atom. The van der Waals surface area contributed by atoms with Crippen molar-refractivity contribution in [1.29, 1.82) is 0 Å². The molecule has 7 nitrogen and oxygen atoms in total. The van der Waals surface area contributed by atoms with Gasteiger partial charge in [-0.25, -0.2) is 4.79 Å². The molecule has 0 amide bonds. The van der Waals surface area contributed by atoms with E-state index >= 15 is 0 Å². The van der Waals surface area contributed by atoms with Gasteiger partial charge in [-0.15, -0.1) is 4.72 Å². The standard InChI is InChI=1S/C24H22N2O5S/c27-23(20-13-16-8-4-5-9-18(16)25-20)30-22-19(12-15-6-2-1-3-7-15)26-32(28,29)21-14-17-10-11-24(21,22)31-17/h1-11,13,17,19,21-22H,12,14H2,(H2-,25,26,27,28,29)/t17?,19-,21-,22+,24+/m0/s1. The zero-order valence-electron chi connectivity index (χ0n) is 17.1. The van der Waals surface area contributed by atoms with Crippen LogP contribution < -0.4 is 4.72 Å².